The number of carbonyl (C=O) groups is 1. The van der Waals surface area contributed by atoms with E-state index >= 15 is 0 Å². The molecule has 0 amide bonds. The topological polar surface area (TPSA) is 51.5 Å². The maximum atomic E-state index is 11.9. The van der Waals surface area contributed by atoms with Gasteiger partial charge in [-0.15, -0.1) is 0 Å². The van der Waals surface area contributed by atoms with Crippen molar-refractivity contribution in [1.82, 2.24) is 4.98 Å². The Balaban J connectivity index is 1.99. The number of hydrogen-bond donors (Lipinski definition) is 0. The Kier molecular flexibility index (Phi) is 4.03. The standard InChI is InChI=1S/C15H8ClIN2O2/c16-12-2-1-10(17)8-11(12)14-19-13(15(20)21-14)7-9-3-5-18-6-4-9/h1-8H/b13-7-. The first-order chi connectivity index (χ1) is 10.1. The zero-order valence-corrected chi connectivity index (χ0v) is 13.5. The van der Waals surface area contributed by atoms with E-state index in [1.807, 2.05) is 12.1 Å². The van der Waals surface area contributed by atoms with Gasteiger partial charge in [0.25, 0.3) is 0 Å². The molecule has 3 rings (SSSR count). The Morgan fingerprint density at radius 1 is 1.19 bits per heavy atom. The molecule has 0 radical (unpaired) electrons. The van der Waals surface area contributed by atoms with Crippen molar-refractivity contribution >= 4 is 52.1 Å². The normalized spacial score (nSPS) is 16.0. The number of aromatic nitrogens is 1. The molecule has 1 aromatic carbocycles. The van der Waals surface area contributed by atoms with Crippen LogP contribution in [-0.4, -0.2) is 16.9 Å². The molecular formula is C15H8ClIN2O2. The number of nitrogens with zero attached hydrogens (tertiary/aromatic N) is 2. The summed E-state index contributed by atoms with van der Waals surface area (Å²) in [7, 11) is 0. The summed E-state index contributed by atoms with van der Waals surface area (Å²) in [6.45, 7) is 0. The van der Waals surface area contributed by atoms with Crippen LogP contribution >= 0.6 is 34.2 Å². The van der Waals surface area contributed by atoms with Crippen LogP contribution in [0, 0.1) is 3.57 Å². The third-order valence-corrected chi connectivity index (χ3v) is 3.79. The molecule has 0 saturated carbocycles. The molecule has 0 atom stereocenters. The summed E-state index contributed by atoms with van der Waals surface area (Å²) in [6.07, 6.45) is 4.94. The lowest BCUT2D eigenvalue weighted by atomic mass is 10.2. The molecule has 0 fully saturated rings. The Morgan fingerprint density at radius 2 is 1.95 bits per heavy atom. The molecule has 0 N–H and O–H groups in total. The fraction of sp³-hybridized carbons (Fsp3) is 0. The number of pyridine rings is 1. The minimum absolute atomic E-state index is 0.226. The molecular weight excluding hydrogens is 403 g/mol. The Hall–Kier alpha value is -1.73. The molecule has 21 heavy (non-hydrogen) atoms. The molecule has 104 valence electrons. The fourth-order valence-corrected chi connectivity index (χ4v) is 2.49. The molecule has 6 heteroatoms. The maximum Gasteiger partial charge on any atom is 0.363 e. The lowest BCUT2D eigenvalue weighted by Crippen LogP contribution is -2.06. The second-order valence-corrected chi connectivity index (χ2v) is 5.89. The van der Waals surface area contributed by atoms with Gasteiger partial charge >= 0.3 is 5.97 Å². The van der Waals surface area contributed by atoms with Gasteiger partial charge in [0.15, 0.2) is 5.70 Å². The molecule has 1 aliphatic heterocycles. The minimum Gasteiger partial charge on any atom is -0.402 e. The summed E-state index contributed by atoms with van der Waals surface area (Å²) in [6, 6.07) is 9.01. The van der Waals surface area contributed by atoms with E-state index in [0.29, 0.717) is 10.6 Å². The predicted octanol–water partition coefficient (Wildman–Crippen LogP) is 3.68. The first kappa shape index (κ1) is 14.2. The van der Waals surface area contributed by atoms with Gasteiger partial charge in [-0.25, -0.2) is 9.79 Å². The number of benzene rings is 1. The number of hydrogen-bond acceptors (Lipinski definition) is 4. The smallest absolute Gasteiger partial charge is 0.363 e. The predicted molar refractivity (Wildman–Crippen MR) is 89.0 cm³/mol. The number of rotatable bonds is 2. The van der Waals surface area contributed by atoms with Gasteiger partial charge in [0, 0.05) is 16.0 Å². The highest BCUT2D eigenvalue weighted by atomic mass is 127. The summed E-state index contributed by atoms with van der Waals surface area (Å²) in [5.74, 6) is -0.263. The van der Waals surface area contributed by atoms with Crippen LogP contribution in [-0.2, 0) is 9.53 Å². The highest BCUT2D eigenvalue weighted by Crippen LogP contribution is 2.25. The summed E-state index contributed by atoms with van der Waals surface area (Å²) < 4.78 is 6.19. The van der Waals surface area contributed by atoms with E-state index in [0.717, 1.165) is 9.13 Å². The second-order valence-electron chi connectivity index (χ2n) is 4.24. The van der Waals surface area contributed by atoms with Gasteiger partial charge in [0.05, 0.1) is 10.6 Å². The summed E-state index contributed by atoms with van der Waals surface area (Å²) in [5.41, 5.74) is 1.68. The molecule has 0 unspecified atom stereocenters. The van der Waals surface area contributed by atoms with Crippen LogP contribution in [0.4, 0.5) is 0 Å². The van der Waals surface area contributed by atoms with Crippen LogP contribution in [0.15, 0.2) is 53.4 Å². The van der Waals surface area contributed by atoms with Crippen molar-refractivity contribution in [3.05, 3.63) is 68.1 Å². The van der Waals surface area contributed by atoms with Crippen molar-refractivity contribution in [2.24, 2.45) is 4.99 Å². The Bertz CT molecular complexity index is 772. The van der Waals surface area contributed by atoms with Crippen LogP contribution in [0.25, 0.3) is 6.08 Å². The average Bonchev–Trinajstić information content (AvgIpc) is 2.84. The number of aliphatic imine (C=N–C) groups is 1. The van der Waals surface area contributed by atoms with Gasteiger partial charge in [0.1, 0.15) is 0 Å². The van der Waals surface area contributed by atoms with E-state index in [2.05, 4.69) is 32.6 Å². The fourth-order valence-electron chi connectivity index (χ4n) is 1.80. The highest BCUT2D eigenvalue weighted by molar-refractivity contribution is 14.1. The lowest BCUT2D eigenvalue weighted by Gasteiger charge is -2.02. The van der Waals surface area contributed by atoms with E-state index in [-0.39, 0.29) is 11.6 Å². The van der Waals surface area contributed by atoms with Crippen LogP contribution in [0.5, 0.6) is 0 Å². The van der Waals surface area contributed by atoms with Gasteiger partial charge in [0.2, 0.25) is 5.90 Å². The molecule has 0 saturated heterocycles. The van der Waals surface area contributed by atoms with E-state index < -0.39 is 5.97 Å². The molecule has 0 aliphatic carbocycles. The largest absolute Gasteiger partial charge is 0.402 e. The zero-order chi connectivity index (χ0) is 14.8. The van der Waals surface area contributed by atoms with Crippen molar-refractivity contribution in [3.63, 3.8) is 0 Å². The first-order valence-corrected chi connectivity index (χ1v) is 7.47. The van der Waals surface area contributed by atoms with Crippen LogP contribution in [0.1, 0.15) is 11.1 Å². The summed E-state index contributed by atoms with van der Waals surface area (Å²) in [4.78, 5) is 20.1. The third-order valence-electron chi connectivity index (χ3n) is 2.79. The minimum atomic E-state index is -0.489. The maximum absolute atomic E-state index is 11.9. The second kappa shape index (κ2) is 5.95. The Morgan fingerprint density at radius 3 is 2.71 bits per heavy atom. The Labute approximate surface area is 139 Å². The first-order valence-electron chi connectivity index (χ1n) is 6.01. The quantitative estimate of drug-likeness (QED) is 0.431. The van der Waals surface area contributed by atoms with Gasteiger partial charge in [-0.1, -0.05) is 11.6 Å². The molecule has 0 spiro atoms. The highest BCUT2D eigenvalue weighted by Gasteiger charge is 2.25. The summed E-state index contributed by atoms with van der Waals surface area (Å²) in [5, 5.41) is 0.493. The van der Waals surface area contributed by atoms with Crippen molar-refractivity contribution in [2.75, 3.05) is 0 Å². The van der Waals surface area contributed by atoms with Gasteiger partial charge in [-0.3, -0.25) is 4.98 Å². The number of esters is 1. The van der Waals surface area contributed by atoms with Crippen molar-refractivity contribution < 1.29 is 9.53 Å². The van der Waals surface area contributed by atoms with Crippen LogP contribution < -0.4 is 0 Å². The number of cyclic esters (lactones) is 1. The monoisotopic (exact) mass is 410 g/mol. The molecule has 2 heterocycles. The van der Waals surface area contributed by atoms with E-state index in [4.69, 9.17) is 16.3 Å². The lowest BCUT2D eigenvalue weighted by molar-refractivity contribution is -0.129. The van der Waals surface area contributed by atoms with Crippen molar-refractivity contribution in [1.29, 1.82) is 0 Å². The number of carbonyl (C=O) groups excluding carboxylic acids is 1. The van der Waals surface area contributed by atoms with Gasteiger partial charge in [-0.05, 0) is 64.6 Å². The van der Waals surface area contributed by atoms with Crippen LogP contribution in [0.3, 0.4) is 0 Å². The van der Waals surface area contributed by atoms with Crippen molar-refractivity contribution in [2.45, 2.75) is 0 Å². The molecule has 2 aromatic rings. The van der Waals surface area contributed by atoms with E-state index in [1.54, 1.807) is 36.7 Å². The summed E-state index contributed by atoms with van der Waals surface area (Å²) >= 11 is 8.29. The van der Waals surface area contributed by atoms with E-state index in [1.165, 1.54) is 0 Å². The molecule has 4 nitrogen and oxygen atoms in total. The van der Waals surface area contributed by atoms with Crippen molar-refractivity contribution in [3.8, 4) is 0 Å². The molecule has 1 aliphatic rings. The number of ether oxygens (including phenoxy) is 1. The zero-order valence-electron chi connectivity index (χ0n) is 10.6. The number of halogens is 2. The molecule has 1 aromatic heterocycles. The van der Waals surface area contributed by atoms with Gasteiger partial charge in [-0.2, -0.15) is 0 Å². The van der Waals surface area contributed by atoms with Gasteiger partial charge < -0.3 is 4.74 Å². The average molecular weight is 411 g/mol. The SMILES string of the molecule is O=C1OC(c2cc(I)ccc2Cl)=N/C1=C\c1ccncc1. The van der Waals surface area contributed by atoms with E-state index in [9.17, 15) is 4.79 Å². The molecule has 0 bridgehead atoms. The van der Waals surface area contributed by atoms with Crippen LogP contribution in [0.2, 0.25) is 5.02 Å². The third kappa shape index (κ3) is 3.14.